The van der Waals surface area contributed by atoms with Crippen LogP contribution < -0.4 is 10.2 Å². The number of aromatic nitrogens is 2. The quantitative estimate of drug-likeness (QED) is 0.863. The number of hydrogen-bond donors (Lipinski definition) is 1. The summed E-state index contributed by atoms with van der Waals surface area (Å²) in [6.07, 6.45) is 2.35. The van der Waals surface area contributed by atoms with E-state index in [1.165, 1.54) is 5.56 Å². The van der Waals surface area contributed by atoms with Gasteiger partial charge in [-0.25, -0.2) is 13.4 Å². The smallest absolute Gasteiger partial charge is 0.227 e. The first-order chi connectivity index (χ1) is 11.6. The molecule has 1 atom stereocenters. The summed E-state index contributed by atoms with van der Waals surface area (Å²) < 4.78 is 23.5. The van der Waals surface area contributed by atoms with Gasteiger partial charge in [-0.2, -0.15) is 4.98 Å². The molecule has 6 nitrogen and oxygen atoms in total. The molecule has 1 fully saturated rings. The average molecular weight is 346 g/mol. The van der Waals surface area contributed by atoms with E-state index in [-0.39, 0.29) is 17.5 Å². The van der Waals surface area contributed by atoms with Gasteiger partial charge in [-0.1, -0.05) is 30.3 Å². The van der Waals surface area contributed by atoms with E-state index in [0.29, 0.717) is 25.5 Å². The fraction of sp³-hybridized carbons (Fsp3) is 0.412. The Kier molecular flexibility index (Phi) is 4.99. The Hall–Kier alpha value is -2.15. The van der Waals surface area contributed by atoms with Crippen LogP contribution in [0.1, 0.15) is 18.9 Å². The van der Waals surface area contributed by atoms with Crippen LogP contribution >= 0.6 is 0 Å². The standard InChI is InChI=1S/C17H22N4O2S/c1-2-21(15-9-11-24(22,23)13-15)17-18-10-8-16(20-17)19-12-14-6-4-3-5-7-14/h3-8,10,15H,2,9,11-13H2,1H3,(H,18,19,20). The summed E-state index contributed by atoms with van der Waals surface area (Å²) in [4.78, 5) is 10.9. The molecule has 0 radical (unpaired) electrons. The Balaban J connectivity index is 1.71. The third kappa shape index (κ3) is 4.03. The van der Waals surface area contributed by atoms with Gasteiger partial charge in [0.25, 0.3) is 0 Å². The Labute approximate surface area is 142 Å². The number of anilines is 2. The van der Waals surface area contributed by atoms with Gasteiger partial charge >= 0.3 is 0 Å². The zero-order valence-electron chi connectivity index (χ0n) is 13.7. The van der Waals surface area contributed by atoms with Crippen LogP contribution in [0.15, 0.2) is 42.6 Å². The summed E-state index contributed by atoms with van der Waals surface area (Å²) in [5, 5.41) is 3.29. The zero-order valence-corrected chi connectivity index (χ0v) is 14.5. The molecule has 3 rings (SSSR count). The molecule has 7 heteroatoms. The van der Waals surface area contributed by atoms with Gasteiger partial charge in [-0.3, -0.25) is 0 Å². The molecule has 1 N–H and O–H groups in total. The van der Waals surface area contributed by atoms with Crippen molar-refractivity contribution in [2.24, 2.45) is 0 Å². The van der Waals surface area contributed by atoms with Crippen molar-refractivity contribution in [2.45, 2.75) is 25.9 Å². The van der Waals surface area contributed by atoms with E-state index in [1.54, 1.807) is 6.20 Å². The van der Waals surface area contributed by atoms with Crippen LogP contribution in [-0.4, -0.2) is 42.5 Å². The number of sulfone groups is 1. The number of nitrogens with one attached hydrogen (secondary N) is 1. The lowest BCUT2D eigenvalue weighted by Gasteiger charge is -2.26. The van der Waals surface area contributed by atoms with Crippen LogP contribution in [0.5, 0.6) is 0 Å². The summed E-state index contributed by atoms with van der Waals surface area (Å²) in [5.41, 5.74) is 1.17. The van der Waals surface area contributed by atoms with Gasteiger partial charge < -0.3 is 10.2 Å². The second-order valence-corrected chi connectivity index (χ2v) is 8.15. The average Bonchev–Trinajstić information content (AvgIpc) is 2.95. The summed E-state index contributed by atoms with van der Waals surface area (Å²) in [6, 6.07) is 11.9. The number of hydrogen-bond acceptors (Lipinski definition) is 6. The Bertz CT molecular complexity index is 780. The monoisotopic (exact) mass is 346 g/mol. The van der Waals surface area contributed by atoms with Crippen LogP contribution in [0.2, 0.25) is 0 Å². The van der Waals surface area contributed by atoms with E-state index in [1.807, 2.05) is 36.1 Å². The van der Waals surface area contributed by atoms with Gasteiger partial charge in [-0.05, 0) is 25.0 Å². The minimum Gasteiger partial charge on any atom is -0.366 e. The topological polar surface area (TPSA) is 75.2 Å². The maximum Gasteiger partial charge on any atom is 0.227 e. The van der Waals surface area contributed by atoms with Crippen LogP contribution in [-0.2, 0) is 16.4 Å². The molecule has 24 heavy (non-hydrogen) atoms. The molecule has 1 aliphatic rings. The van der Waals surface area contributed by atoms with Gasteiger partial charge in [0.05, 0.1) is 11.5 Å². The van der Waals surface area contributed by atoms with Crippen molar-refractivity contribution in [3.05, 3.63) is 48.2 Å². The molecule has 0 saturated carbocycles. The molecule has 2 aromatic rings. The lowest BCUT2D eigenvalue weighted by Crippen LogP contribution is -2.37. The molecule has 128 valence electrons. The minimum absolute atomic E-state index is 0.0376. The highest BCUT2D eigenvalue weighted by molar-refractivity contribution is 7.91. The molecule has 0 amide bonds. The van der Waals surface area contributed by atoms with Gasteiger partial charge in [-0.15, -0.1) is 0 Å². The van der Waals surface area contributed by atoms with Crippen molar-refractivity contribution in [1.29, 1.82) is 0 Å². The molecule has 0 spiro atoms. The fourth-order valence-electron chi connectivity index (χ4n) is 2.96. The largest absolute Gasteiger partial charge is 0.366 e. The lowest BCUT2D eigenvalue weighted by molar-refractivity contribution is 0.599. The van der Waals surface area contributed by atoms with Crippen molar-refractivity contribution in [3.63, 3.8) is 0 Å². The van der Waals surface area contributed by atoms with E-state index in [4.69, 9.17) is 0 Å². The van der Waals surface area contributed by atoms with Crippen molar-refractivity contribution in [1.82, 2.24) is 9.97 Å². The van der Waals surface area contributed by atoms with E-state index in [0.717, 1.165) is 5.82 Å². The molecule has 1 aromatic heterocycles. The highest BCUT2D eigenvalue weighted by Gasteiger charge is 2.32. The minimum atomic E-state index is -2.93. The summed E-state index contributed by atoms with van der Waals surface area (Å²) in [7, 11) is -2.93. The zero-order chi connectivity index (χ0) is 17.0. The third-order valence-electron chi connectivity index (χ3n) is 4.21. The molecule has 1 aromatic carbocycles. The van der Waals surface area contributed by atoms with Gasteiger partial charge in [0.1, 0.15) is 5.82 Å². The fourth-order valence-corrected chi connectivity index (χ4v) is 4.69. The van der Waals surface area contributed by atoms with Crippen molar-refractivity contribution >= 4 is 21.6 Å². The molecule has 1 saturated heterocycles. The Morgan fingerprint density at radius 1 is 1.25 bits per heavy atom. The van der Waals surface area contributed by atoms with Crippen LogP contribution in [0.25, 0.3) is 0 Å². The number of rotatable bonds is 6. The van der Waals surface area contributed by atoms with Crippen LogP contribution in [0.4, 0.5) is 11.8 Å². The summed E-state index contributed by atoms with van der Waals surface area (Å²) >= 11 is 0. The number of nitrogens with zero attached hydrogens (tertiary/aromatic N) is 3. The summed E-state index contributed by atoms with van der Waals surface area (Å²) in [5.74, 6) is 1.76. The van der Waals surface area contributed by atoms with Crippen molar-refractivity contribution in [3.8, 4) is 0 Å². The van der Waals surface area contributed by atoms with Crippen LogP contribution in [0.3, 0.4) is 0 Å². The van der Waals surface area contributed by atoms with Gasteiger partial charge in [0, 0.05) is 25.3 Å². The molecule has 1 aliphatic heterocycles. The maximum atomic E-state index is 11.7. The van der Waals surface area contributed by atoms with E-state index >= 15 is 0 Å². The van der Waals surface area contributed by atoms with E-state index < -0.39 is 9.84 Å². The first-order valence-corrected chi connectivity index (χ1v) is 9.97. The predicted molar refractivity (Wildman–Crippen MR) is 95.9 cm³/mol. The van der Waals surface area contributed by atoms with E-state index in [9.17, 15) is 8.42 Å². The highest BCUT2D eigenvalue weighted by atomic mass is 32.2. The predicted octanol–water partition coefficient (Wildman–Crippen LogP) is 2.10. The van der Waals surface area contributed by atoms with Crippen molar-refractivity contribution in [2.75, 3.05) is 28.3 Å². The second-order valence-electron chi connectivity index (χ2n) is 5.92. The molecule has 0 aliphatic carbocycles. The second kappa shape index (κ2) is 7.17. The van der Waals surface area contributed by atoms with Crippen molar-refractivity contribution < 1.29 is 8.42 Å². The Morgan fingerprint density at radius 2 is 2.04 bits per heavy atom. The molecule has 0 bridgehead atoms. The SMILES string of the molecule is CCN(c1nccc(NCc2ccccc2)n1)C1CCS(=O)(=O)C1. The molecule has 2 heterocycles. The first kappa shape index (κ1) is 16.7. The summed E-state index contributed by atoms with van der Waals surface area (Å²) in [6.45, 7) is 3.36. The van der Waals surface area contributed by atoms with Crippen LogP contribution in [0, 0.1) is 0 Å². The number of benzene rings is 1. The first-order valence-electron chi connectivity index (χ1n) is 8.15. The highest BCUT2D eigenvalue weighted by Crippen LogP contribution is 2.22. The molecule has 1 unspecified atom stereocenters. The Morgan fingerprint density at radius 3 is 2.71 bits per heavy atom. The van der Waals surface area contributed by atoms with Gasteiger partial charge in [0.2, 0.25) is 5.95 Å². The maximum absolute atomic E-state index is 11.7. The molecular weight excluding hydrogens is 324 g/mol. The van der Waals surface area contributed by atoms with Gasteiger partial charge in [0.15, 0.2) is 9.84 Å². The normalized spacial score (nSPS) is 19.1. The molecular formula is C17H22N4O2S. The lowest BCUT2D eigenvalue weighted by atomic mass is 10.2. The third-order valence-corrected chi connectivity index (χ3v) is 5.96. The van der Waals surface area contributed by atoms with E-state index in [2.05, 4.69) is 27.4 Å².